The maximum Gasteiger partial charge on any atom is 0.147 e. The van der Waals surface area contributed by atoms with Gasteiger partial charge in [0.05, 0.1) is 12.7 Å². The third-order valence-electron chi connectivity index (χ3n) is 3.53. The zero-order valence-electron chi connectivity index (χ0n) is 11.0. The molecular formula is C15H22O2. The Morgan fingerprint density at radius 1 is 1.29 bits per heavy atom. The highest BCUT2D eigenvalue weighted by atomic mass is 16.7. The number of rotatable bonds is 2. The quantitative estimate of drug-likeness (QED) is 0.794. The molecular weight excluding hydrogens is 212 g/mol. The van der Waals surface area contributed by atoms with Gasteiger partial charge in [-0.25, -0.2) is 0 Å². The molecule has 2 aliphatic carbocycles. The van der Waals surface area contributed by atoms with Crippen molar-refractivity contribution in [2.75, 3.05) is 13.4 Å². The highest BCUT2D eigenvalue weighted by molar-refractivity contribution is 5.33. The monoisotopic (exact) mass is 234 g/mol. The van der Waals surface area contributed by atoms with E-state index in [1.165, 1.54) is 23.3 Å². The van der Waals surface area contributed by atoms with Gasteiger partial charge in [-0.2, -0.15) is 0 Å². The molecule has 0 saturated carbocycles. The molecule has 0 aromatic carbocycles. The predicted octanol–water partition coefficient (Wildman–Crippen LogP) is 3.25. The molecule has 0 spiro atoms. The summed E-state index contributed by atoms with van der Waals surface area (Å²) in [5.41, 5.74) is 1.56. The van der Waals surface area contributed by atoms with Crippen LogP contribution in [0.5, 0.6) is 0 Å². The van der Waals surface area contributed by atoms with Gasteiger partial charge < -0.3 is 9.47 Å². The summed E-state index contributed by atoms with van der Waals surface area (Å²) in [5.74, 6) is 0.559. The second kappa shape index (κ2) is 5.65. The van der Waals surface area contributed by atoms with Crippen molar-refractivity contribution in [3.63, 3.8) is 0 Å². The van der Waals surface area contributed by atoms with Crippen LogP contribution in [0, 0.1) is 16.4 Å². The summed E-state index contributed by atoms with van der Waals surface area (Å²) < 4.78 is 10.2. The van der Waals surface area contributed by atoms with E-state index in [4.69, 9.17) is 9.47 Å². The molecule has 1 heterocycles. The summed E-state index contributed by atoms with van der Waals surface area (Å²) in [7, 11) is 0. The molecule has 94 valence electrons. The average molecular weight is 234 g/mol. The molecule has 1 saturated heterocycles. The lowest BCUT2D eigenvalue weighted by molar-refractivity contribution is -0.159. The molecule has 2 unspecified atom stereocenters. The van der Waals surface area contributed by atoms with Crippen LogP contribution in [0.15, 0.2) is 18.2 Å². The second-order valence-corrected chi connectivity index (χ2v) is 4.96. The van der Waals surface area contributed by atoms with Gasteiger partial charge >= 0.3 is 0 Å². The first-order valence-electron chi connectivity index (χ1n) is 6.55. The summed E-state index contributed by atoms with van der Waals surface area (Å²) >= 11 is 0. The van der Waals surface area contributed by atoms with E-state index >= 15 is 0 Å². The Bertz CT molecular complexity index is 442. The van der Waals surface area contributed by atoms with Gasteiger partial charge in [0, 0.05) is 5.92 Å². The Hall–Kier alpha value is -0.860. The zero-order valence-corrected chi connectivity index (χ0v) is 11.0. The van der Waals surface area contributed by atoms with Crippen LogP contribution in [0.1, 0.15) is 32.8 Å². The van der Waals surface area contributed by atoms with Crippen LogP contribution in [0.25, 0.3) is 0 Å². The Kier molecular flexibility index (Phi) is 4.19. The topological polar surface area (TPSA) is 18.5 Å². The molecule has 0 amide bonds. The largest absolute Gasteiger partial charge is 0.355 e. The summed E-state index contributed by atoms with van der Waals surface area (Å²) in [6, 6.07) is 6.67. The summed E-state index contributed by atoms with van der Waals surface area (Å²) in [5, 5.41) is 3.00. The van der Waals surface area contributed by atoms with Crippen molar-refractivity contribution in [2.45, 2.75) is 39.7 Å². The van der Waals surface area contributed by atoms with E-state index < -0.39 is 0 Å². The summed E-state index contributed by atoms with van der Waals surface area (Å²) in [6.07, 6.45) is 2.92. The lowest BCUT2D eigenvalue weighted by atomic mass is 9.96. The van der Waals surface area contributed by atoms with Gasteiger partial charge in [-0.3, -0.25) is 0 Å². The van der Waals surface area contributed by atoms with Crippen molar-refractivity contribution in [1.29, 1.82) is 0 Å². The Labute approximate surface area is 103 Å². The van der Waals surface area contributed by atoms with Crippen LogP contribution in [0.4, 0.5) is 0 Å². The van der Waals surface area contributed by atoms with E-state index in [0.29, 0.717) is 18.8 Å². The van der Waals surface area contributed by atoms with Gasteiger partial charge in [-0.1, -0.05) is 38.5 Å². The van der Waals surface area contributed by atoms with E-state index in [-0.39, 0.29) is 0 Å². The van der Waals surface area contributed by atoms with Gasteiger partial charge in [0.25, 0.3) is 0 Å². The molecule has 2 heteroatoms. The number of hydrogen-bond acceptors (Lipinski definition) is 2. The molecule has 17 heavy (non-hydrogen) atoms. The molecule has 3 aliphatic rings. The smallest absolute Gasteiger partial charge is 0.147 e. The molecule has 1 aliphatic heterocycles. The standard InChI is InChI=1S/C9H10.C6H12O2/c1-2-3-7-6-8-4-5-9(7)8;1-5-3-7-4-8-6(5)2/h4-6H,2-3H2,1H3;5-6H,3-4H2,1-2H3. The van der Waals surface area contributed by atoms with Gasteiger partial charge in [0.2, 0.25) is 0 Å². The third-order valence-corrected chi connectivity index (χ3v) is 3.53. The molecule has 1 fully saturated rings. The van der Waals surface area contributed by atoms with Crippen molar-refractivity contribution < 1.29 is 9.47 Å². The van der Waals surface area contributed by atoms with Crippen LogP contribution in [0.2, 0.25) is 0 Å². The van der Waals surface area contributed by atoms with Gasteiger partial charge in [0.1, 0.15) is 6.79 Å². The van der Waals surface area contributed by atoms with E-state index in [1.54, 1.807) is 5.56 Å². The fraction of sp³-hybridized carbons (Fsp3) is 0.600. The summed E-state index contributed by atoms with van der Waals surface area (Å²) in [6.45, 7) is 7.76. The summed E-state index contributed by atoms with van der Waals surface area (Å²) in [4.78, 5) is 0. The molecule has 0 bridgehead atoms. The van der Waals surface area contributed by atoms with E-state index in [0.717, 1.165) is 6.61 Å². The van der Waals surface area contributed by atoms with Crippen LogP contribution in [-0.4, -0.2) is 19.5 Å². The fourth-order valence-electron chi connectivity index (χ4n) is 2.03. The number of aryl methyl sites for hydroxylation is 1. The average Bonchev–Trinajstić information content (AvgIpc) is 2.30. The Balaban J connectivity index is 0.000000128. The van der Waals surface area contributed by atoms with Gasteiger partial charge in [-0.15, -0.1) is 0 Å². The SMILES string of the molecule is CC1COCOC1C.CCCc1cc2ccc1=2. The third kappa shape index (κ3) is 2.88. The van der Waals surface area contributed by atoms with Crippen molar-refractivity contribution in [2.24, 2.45) is 5.92 Å². The molecule has 0 radical (unpaired) electrons. The van der Waals surface area contributed by atoms with Crippen LogP contribution in [-0.2, 0) is 15.9 Å². The molecule has 0 aromatic rings. The lowest BCUT2D eigenvalue weighted by Crippen LogP contribution is -2.29. The Morgan fingerprint density at radius 3 is 2.47 bits per heavy atom. The van der Waals surface area contributed by atoms with E-state index in [1.807, 2.05) is 0 Å². The van der Waals surface area contributed by atoms with Crippen molar-refractivity contribution in [3.8, 4) is 0 Å². The second-order valence-electron chi connectivity index (χ2n) is 4.96. The van der Waals surface area contributed by atoms with Crippen molar-refractivity contribution in [1.82, 2.24) is 0 Å². The normalized spacial score (nSPS) is 24.9. The first-order valence-corrected chi connectivity index (χ1v) is 6.55. The Morgan fingerprint density at radius 2 is 2.12 bits per heavy atom. The first kappa shape index (κ1) is 12.6. The van der Waals surface area contributed by atoms with E-state index in [9.17, 15) is 0 Å². The molecule has 0 N–H and O–H groups in total. The lowest BCUT2D eigenvalue weighted by Gasteiger charge is -2.25. The van der Waals surface area contributed by atoms with Crippen LogP contribution < -0.4 is 0 Å². The number of hydrogen-bond donors (Lipinski definition) is 0. The minimum Gasteiger partial charge on any atom is -0.355 e. The highest BCUT2D eigenvalue weighted by Gasteiger charge is 2.16. The van der Waals surface area contributed by atoms with Gasteiger partial charge in [0.15, 0.2) is 0 Å². The number of ether oxygens (including phenoxy) is 2. The first-order chi connectivity index (χ1) is 8.22. The molecule has 2 atom stereocenters. The molecule has 3 rings (SSSR count). The maximum absolute atomic E-state index is 5.17. The zero-order chi connectivity index (χ0) is 12.3. The minimum atomic E-state index is 0.378. The molecule has 2 nitrogen and oxygen atoms in total. The van der Waals surface area contributed by atoms with Crippen molar-refractivity contribution >= 4 is 0 Å². The maximum atomic E-state index is 5.17. The van der Waals surface area contributed by atoms with Crippen molar-refractivity contribution in [3.05, 3.63) is 34.2 Å². The molecule has 0 aromatic heterocycles. The predicted molar refractivity (Wildman–Crippen MR) is 68.6 cm³/mol. The van der Waals surface area contributed by atoms with Crippen LogP contribution in [0.3, 0.4) is 0 Å². The highest BCUT2D eigenvalue weighted by Crippen LogP contribution is 2.16. The fourth-order valence-corrected chi connectivity index (χ4v) is 2.03. The van der Waals surface area contributed by atoms with Crippen LogP contribution >= 0.6 is 0 Å². The van der Waals surface area contributed by atoms with E-state index in [2.05, 4.69) is 39.0 Å². The number of benzene rings is 1. The minimum absolute atomic E-state index is 0.378. The van der Waals surface area contributed by atoms with Gasteiger partial charge in [-0.05, 0) is 29.3 Å².